The molecule has 0 saturated carbocycles. The fourth-order valence-corrected chi connectivity index (χ4v) is 11.3. The van der Waals surface area contributed by atoms with E-state index in [9.17, 15) is 46.5 Å². The number of hydrogen-bond donors (Lipinski definition) is 0. The van der Waals surface area contributed by atoms with E-state index in [1.165, 1.54) is 70.2 Å². The number of amides is 1. The van der Waals surface area contributed by atoms with Crippen molar-refractivity contribution in [3.05, 3.63) is 157 Å². The standard InChI is InChI=1S/C19H22FN3O2S.C15H16Cl2FN3O3.C12H18N4.C11H6Cl2F3N3O2/c1-4-5-22-15-7-14(13(20)6-16(15)25-9-17(22)24)21-18-23-11-19(2,3)8-12(23)10-26-18;1-4-24-14(22)11(17)5-9-6-13(12(18)7-10(9)16)21-15(23)20(3)8(2)19-21;1-7-9(3)13-16(11(7)5)12-8(2)10(4)15(6)14-12;1-5-9(19(20)21)4-17-18(5)10-7(12)2-6(3-8(10)13)11(14,15)16/h6-7,10H,4-5,8-9,11H2,1-3H3;6-7,11H,4-5H2,1-3H3;1-6H3;2-4H,1H3. The molecule has 3 aromatic carbocycles. The number of ether oxygens (including phenoxy) is 2. The molecule has 10 rings (SSSR count). The number of hydrogen-bond acceptors (Lipinski definition) is 13. The topological polar surface area (TPSA) is 210 Å². The number of halogens is 9. The van der Waals surface area contributed by atoms with E-state index >= 15 is 0 Å². The van der Waals surface area contributed by atoms with Gasteiger partial charge in [-0.15, -0.1) is 22.9 Å². The fraction of sp³-hybridized carbons (Fsp3) is 0.404. The summed E-state index contributed by atoms with van der Waals surface area (Å²) in [6, 6.07) is 6.78. The van der Waals surface area contributed by atoms with Crippen molar-refractivity contribution in [2.24, 2.45) is 24.5 Å². The number of esters is 1. The molecule has 87 heavy (non-hydrogen) atoms. The number of benzene rings is 3. The van der Waals surface area contributed by atoms with E-state index in [0.717, 1.165) is 57.3 Å². The monoisotopic (exact) mass is 1310 g/mol. The van der Waals surface area contributed by atoms with Crippen molar-refractivity contribution < 1.29 is 45.9 Å². The van der Waals surface area contributed by atoms with Crippen LogP contribution in [0.25, 0.3) is 17.2 Å². The maximum absolute atomic E-state index is 14.6. The number of thiazole rings is 1. The Bertz CT molecular complexity index is 4010. The van der Waals surface area contributed by atoms with Crippen LogP contribution in [0.1, 0.15) is 90.7 Å². The number of alkyl halides is 4. The normalized spacial score (nSPS) is 13.8. The third kappa shape index (κ3) is 14.6. The highest BCUT2D eigenvalue weighted by molar-refractivity contribution is 7.07. The van der Waals surface area contributed by atoms with Gasteiger partial charge < -0.3 is 18.9 Å². The highest BCUT2D eigenvalue weighted by Crippen LogP contribution is 2.40. The van der Waals surface area contributed by atoms with Crippen LogP contribution >= 0.6 is 57.7 Å². The molecule has 0 radical (unpaired) electrons. The van der Waals surface area contributed by atoms with E-state index in [1.807, 2.05) is 30.3 Å². The third-order valence-electron chi connectivity index (χ3n) is 14.4. The second-order valence-electron chi connectivity index (χ2n) is 21.2. The number of carbonyl (C=O) groups excluding carboxylic acids is 2. The van der Waals surface area contributed by atoms with Gasteiger partial charge in [0.1, 0.15) is 45.9 Å². The summed E-state index contributed by atoms with van der Waals surface area (Å²) in [6.45, 7) is 23.1. The van der Waals surface area contributed by atoms with Crippen molar-refractivity contribution in [1.82, 2.24) is 48.3 Å². The molecule has 2 aliphatic rings. The van der Waals surface area contributed by atoms with Crippen LogP contribution in [0.15, 0.2) is 57.8 Å². The van der Waals surface area contributed by atoms with Gasteiger partial charge in [0.2, 0.25) is 0 Å². The van der Waals surface area contributed by atoms with Crippen LogP contribution in [-0.2, 0) is 54.0 Å². The molecule has 466 valence electrons. The molecule has 0 N–H and O–H groups in total. The quantitative estimate of drug-likeness (QED) is 0.0391. The highest BCUT2D eigenvalue weighted by atomic mass is 35.5. The van der Waals surface area contributed by atoms with E-state index in [1.54, 1.807) is 24.8 Å². The molecule has 8 aromatic rings. The predicted molar refractivity (Wildman–Crippen MR) is 322 cm³/mol. The van der Waals surface area contributed by atoms with Gasteiger partial charge >= 0.3 is 23.5 Å². The number of aromatic nitrogens is 10. The van der Waals surface area contributed by atoms with E-state index in [0.29, 0.717) is 41.5 Å². The van der Waals surface area contributed by atoms with Gasteiger partial charge in [-0.05, 0) is 115 Å². The van der Waals surface area contributed by atoms with Gasteiger partial charge in [-0.2, -0.15) is 38.2 Å². The van der Waals surface area contributed by atoms with Gasteiger partial charge in [-0.1, -0.05) is 55.6 Å². The molecule has 20 nitrogen and oxygen atoms in total. The SMILES string of the molecule is CCCN1C(=O)COc2cc(F)c(N=c3scc4n3CC(C)(C)C4)cc21.CCOC(=O)C(Cl)Cc1cc(-n2nc(C)n(C)c2=O)c(F)cc1Cl.Cc1c([N+](=O)[O-])cnn1-c1c(Cl)cc(C(F)(F)F)cc1Cl.Cc1nn(-c2nn(C)c(C)c2C)c(C)c1C. The largest absolute Gasteiger partial charge is 0.481 e. The van der Waals surface area contributed by atoms with Crippen LogP contribution in [0.2, 0.25) is 15.1 Å². The Hall–Kier alpha value is -7.39. The van der Waals surface area contributed by atoms with Crippen molar-refractivity contribution >= 4 is 86.7 Å². The van der Waals surface area contributed by atoms with Crippen LogP contribution < -0.4 is 20.1 Å². The Morgan fingerprint density at radius 2 is 1.54 bits per heavy atom. The molecule has 30 heteroatoms. The lowest BCUT2D eigenvalue weighted by Gasteiger charge is -2.29. The maximum Gasteiger partial charge on any atom is 0.416 e. The Kier molecular flexibility index (Phi) is 20.8. The van der Waals surface area contributed by atoms with Crippen molar-refractivity contribution in [3.8, 4) is 22.9 Å². The molecular weight excluding hydrogens is 1250 g/mol. The zero-order valence-electron chi connectivity index (χ0n) is 49.6. The van der Waals surface area contributed by atoms with Crippen molar-refractivity contribution in [2.75, 3.05) is 24.7 Å². The lowest BCUT2D eigenvalue weighted by Crippen LogP contribution is -2.39. The molecule has 1 unspecified atom stereocenters. The van der Waals surface area contributed by atoms with Gasteiger partial charge in [-0.3, -0.25) is 29.0 Å². The molecule has 0 saturated heterocycles. The lowest BCUT2D eigenvalue weighted by atomic mass is 9.92. The third-order valence-corrected chi connectivity index (χ3v) is 16.6. The average Bonchev–Trinajstić information content (AvgIpc) is 2.41. The van der Waals surface area contributed by atoms with Gasteiger partial charge in [-0.25, -0.2) is 27.9 Å². The first kappa shape index (κ1) is 67.1. The summed E-state index contributed by atoms with van der Waals surface area (Å²) in [5, 5.41) is 28.2. The minimum absolute atomic E-state index is 0.0348. The second-order valence-corrected chi connectivity index (χ2v) is 23.8. The van der Waals surface area contributed by atoms with Crippen molar-refractivity contribution in [3.63, 3.8) is 0 Å². The first-order valence-electron chi connectivity index (χ1n) is 26.9. The summed E-state index contributed by atoms with van der Waals surface area (Å²) in [7, 11) is 3.50. The first-order valence-corrected chi connectivity index (χ1v) is 29.3. The number of fused-ring (bicyclic) bond motifs is 2. The van der Waals surface area contributed by atoms with E-state index in [-0.39, 0.29) is 74.5 Å². The Morgan fingerprint density at radius 1 is 0.874 bits per heavy atom. The summed E-state index contributed by atoms with van der Waals surface area (Å²) >= 11 is 25.2. The summed E-state index contributed by atoms with van der Waals surface area (Å²) in [4.78, 5) is 53.0. The first-order chi connectivity index (χ1) is 40.7. The Morgan fingerprint density at radius 3 is 2.08 bits per heavy atom. The minimum atomic E-state index is -4.60. The lowest BCUT2D eigenvalue weighted by molar-refractivity contribution is -0.385. The average molecular weight is 1310 g/mol. The predicted octanol–water partition coefficient (Wildman–Crippen LogP) is 12.6. The molecular formula is C57H62Cl4F5N13O7S. The summed E-state index contributed by atoms with van der Waals surface area (Å²) in [5.74, 6) is -0.0659. The second kappa shape index (κ2) is 26.9. The molecule has 2 aliphatic heterocycles. The maximum atomic E-state index is 14.6. The van der Waals surface area contributed by atoms with Gasteiger partial charge in [0.15, 0.2) is 28.9 Å². The number of anilines is 1. The van der Waals surface area contributed by atoms with Crippen LogP contribution in [0, 0.1) is 75.6 Å². The molecule has 1 amide bonds. The minimum Gasteiger partial charge on any atom is -0.481 e. The summed E-state index contributed by atoms with van der Waals surface area (Å²) < 4.78 is 86.3. The van der Waals surface area contributed by atoms with E-state index < -0.39 is 45.3 Å². The number of rotatable bonds is 11. The molecule has 1 atom stereocenters. The van der Waals surface area contributed by atoms with Gasteiger partial charge in [0.25, 0.3) is 5.91 Å². The number of nitro groups is 1. The number of nitrogens with zero attached hydrogens (tertiary/aromatic N) is 13. The summed E-state index contributed by atoms with van der Waals surface area (Å²) in [6.07, 6.45) is -1.78. The van der Waals surface area contributed by atoms with Crippen LogP contribution in [0.5, 0.6) is 5.75 Å². The number of aryl methyl sites for hydroxylation is 3. The van der Waals surface area contributed by atoms with Crippen molar-refractivity contribution in [2.45, 2.75) is 114 Å². The molecule has 0 aliphatic carbocycles. The van der Waals surface area contributed by atoms with E-state index in [4.69, 9.17) is 55.9 Å². The smallest absolute Gasteiger partial charge is 0.416 e. The molecule has 0 bridgehead atoms. The van der Waals surface area contributed by atoms with Crippen molar-refractivity contribution in [1.29, 1.82) is 0 Å². The van der Waals surface area contributed by atoms with Gasteiger partial charge in [0.05, 0.1) is 38.5 Å². The van der Waals surface area contributed by atoms with Gasteiger partial charge in [0, 0.05) is 72.7 Å². The molecule has 0 fully saturated rings. The number of carbonyl (C=O) groups is 2. The summed E-state index contributed by atoms with van der Waals surface area (Å²) in [5.41, 5.74) is 6.73. The molecule has 5 aromatic heterocycles. The Labute approximate surface area is 520 Å². The molecule has 0 spiro atoms. The Balaban J connectivity index is 0.000000168. The van der Waals surface area contributed by atoms with E-state index in [2.05, 4.69) is 76.9 Å². The zero-order chi connectivity index (χ0) is 64.5. The van der Waals surface area contributed by atoms with Crippen LogP contribution in [-0.4, -0.2) is 90.2 Å². The highest BCUT2D eigenvalue weighted by Gasteiger charge is 2.34. The molecule has 7 heterocycles. The van der Waals surface area contributed by atoms with Crippen LogP contribution in [0.4, 0.5) is 39.0 Å². The fourth-order valence-electron chi connectivity index (χ4n) is 9.27. The van der Waals surface area contributed by atoms with Crippen LogP contribution in [0.3, 0.4) is 0 Å². The zero-order valence-corrected chi connectivity index (χ0v) is 53.5.